The van der Waals surface area contributed by atoms with Crippen molar-refractivity contribution in [2.24, 2.45) is 5.73 Å². The average molecular weight is 268 g/mol. The zero-order valence-electron chi connectivity index (χ0n) is 12.9. The van der Waals surface area contributed by atoms with Gasteiger partial charge >= 0.3 is 0 Å². The normalized spacial score (nSPS) is 24.2. The fraction of sp³-hybridized carbons (Fsp3) is 1.00. The molecule has 4 heteroatoms. The second-order valence-corrected chi connectivity index (χ2v) is 6.75. The number of likely N-dealkylation sites (tertiary alicyclic amines) is 1. The molecule has 0 unspecified atom stereocenters. The third kappa shape index (κ3) is 4.42. The first-order valence-electron chi connectivity index (χ1n) is 8.02. The highest BCUT2D eigenvalue weighted by Gasteiger charge is 2.28. The van der Waals surface area contributed by atoms with Gasteiger partial charge in [-0.25, -0.2) is 0 Å². The Hall–Kier alpha value is -0.160. The van der Waals surface area contributed by atoms with Crippen LogP contribution in [-0.2, 0) is 0 Å². The van der Waals surface area contributed by atoms with Gasteiger partial charge in [0.1, 0.15) is 0 Å². The molecule has 2 saturated heterocycles. The summed E-state index contributed by atoms with van der Waals surface area (Å²) in [5.74, 6) is 0. The van der Waals surface area contributed by atoms with Gasteiger partial charge in [0.2, 0.25) is 0 Å². The molecule has 2 heterocycles. The minimum absolute atomic E-state index is 0.168. The maximum atomic E-state index is 5.86. The lowest BCUT2D eigenvalue weighted by molar-refractivity contribution is 0.0554. The minimum atomic E-state index is 0.168. The third-order valence-electron chi connectivity index (χ3n) is 4.88. The van der Waals surface area contributed by atoms with E-state index in [9.17, 15) is 0 Å². The Balaban J connectivity index is 1.60. The van der Waals surface area contributed by atoms with Crippen LogP contribution in [0.5, 0.6) is 0 Å². The maximum absolute atomic E-state index is 5.86. The summed E-state index contributed by atoms with van der Waals surface area (Å²) >= 11 is 0. The van der Waals surface area contributed by atoms with E-state index in [0.29, 0.717) is 0 Å². The van der Waals surface area contributed by atoms with Crippen LogP contribution in [0, 0.1) is 0 Å². The summed E-state index contributed by atoms with van der Waals surface area (Å²) in [5, 5.41) is 0. The van der Waals surface area contributed by atoms with Crippen LogP contribution in [0.15, 0.2) is 0 Å². The van der Waals surface area contributed by atoms with Crippen molar-refractivity contribution in [2.75, 3.05) is 58.9 Å². The summed E-state index contributed by atoms with van der Waals surface area (Å²) < 4.78 is 0. The van der Waals surface area contributed by atoms with E-state index in [1.165, 1.54) is 71.6 Å². The Morgan fingerprint density at radius 2 is 1.37 bits per heavy atom. The zero-order chi connectivity index (χ0) is 13.7. The Bertz CT molecular complexity index is 253. The van der Waals surface area contributed by atoms with Gasteiger partial charge in [-0.1, -0.05) is 0 Å². The standard InChI is InChI=1S/C15H32N4/c1-15(2,14-16)19-12-10-18(11-13-19)9-5-8-17-6-3-4-7-17/h3-14,16H2,1-2H3. The summed E-state index contributed by atoms with van der Waals surface area (Å²) in [6, 6.07) is 0. The van der Waals surface area contributed by atoms with E-state index in [1.807, 2.05) is 0 Å². The van der Waals surface area contributed by atoms with E-state index in [1.54, 1.807) is 0 Å². The fourth-order valence-electron chi connectivity index (χ4n) is 3.23. The third-order valence-corrected chi connectivity index (χ3v) is 4.88. The average Bonchev–Trinajstić information content (AvgIpc) is 2.92. The molecule has 2 N–H and O–H groups in total. The number of rotatable bonds is 6. The fourth-order valence-corrected chi connectivity index (χ4v) is 3.23. The Kier molecular flexibility index (Phi) is 5.63. The van der Waals surface area contributed by atoms with Crippen LogP contribution in [0.3, 0.4) is 0 Å². The number of hydrogen-bond acceptors (Lipinski definition) is 4. The Morgan fingerprint density at radius 1 is 0.842 bits per heavy atom. The monoisotopic (exact) mass is 268 g/mol. The van der Waals surface area contributed by atoms with Gasteiger partial charge in [0.05, 0.1) is 0 Å². The van der Waals surface area contributed by atoms with E-state index in [2.05, 4.69) is 28.5 Å². The van der Waals surface area contributed by atoms with Crippen LogP contribution >= 0.6 is 0 Å². The molecule has 2 rings (SSSR count). The van der Waals surface area contributed by atoms with E-state index in [-0.39, 0.29) is 5.54 Å². The molecule has 0 saturated carbocycles. The van der Waals surface area contributed by atoms with Gasteiger partial charge in [-0.3, -0.25) is 4.90 Å². The first-order chi connectivity index (χ1) is 9.12. The van der Waals surface area contributed by atoms with Crippen LogP contribution in [-0.4, -0.2) is 79.1 Å². The van der Waals surface area contributed by atoms with Crippen LogP contribution in [0.1, 0.15) is 33.1 Å². The van der Waals surface area contributed by atoms with Gasteiger partial charge in [-0.05, 0) is 59.3 Å². The number of nitrogens with two attached hydrogens (primary N) is 1. The molecule has 0 aromatic heterocycles. The zero-order valence-corrected chi connectivity index (χ0v) is 12.9. The van der Waals surface area contributed by atoms with Crippen LogP contribution < -0.4 is 5.73 Å². The molecular weight excluding hydrogens is 236 g/mol. The highest BCUT2D eigenvalue weighted by Crippen LogP contribution is 2.15. The Morgan fingerprint density at radius 3 is 1.89 bits per heavy atom. The smallest absolute Gasteiger partial charge is 0.0276 e. The van der Waals surface area contributed by atoms with Gasteiger partial charge in [0, 0.05) is 38.3 Å². The van der Waals surface area contributed by atoms with Gasteiger partial charge in [-0.15, -0.1) is 0 Å². The van der Waals surface area contributed by atoms with E-state index >= 15 is 0 Å². The molecule has 2 aliphatic rings. The molecule has 0 amide bonds. The lowest BCUT2D eigenvalue weighted by Gasteiger charge is -2.43. The van der Waals surface area contributed by atoms with Gasteiger partial charge in [-0.2, -0.15) is 0 Å². The summed E-state index contributed by atoms with van der Waals surface area (Å²) in [6.45, 7) is 15.3. The number of hydrogen-bond donors (Lipinski definition) is 1. The van der Waals surface area contributed by atoms with Crippen LogP contribution in [0.25, 0.3) is 0 Å². The molecule has 2 fully saturated rings. The van der Waals surface area contributed by atoms with Crippen LogP contribution in [0.4, 0.5) is 0 Å². The lowest BCUT2D eigenvalue weighted by atomic mass is 10.0. The van der Waals surface area contributed by atoms with E-state index < -0.39 is 0 Å². The predicted octanol–water partition coefficient (Wildman–Crippen LogP) is 0.827. The summed E-state index contributed by atoms with van der Waals surface area (Å²) in [7, 11) is 0. The van der Waals surface area contributed by atoms with Gasteiger partial charge < -0.3 is 15.5 Å². The molecule has 0 radical (unpaired) electrons. The van der Waals surface area contributed by atoms with Gasteiger partial charge in [0.15, 0.2) is 0 Å². The van der Waals surface area contributed by atoms with E-state index in [0.717, 1.165) is 6.54 Å². The topological polar surface area (TPSA) is 35.7 Å². The van der Waals surface area contributed by atoms with Crippen molar-refractivity contribution < 1.29 is 0 Å². The second kappa shape index (κ2) is 7.02. The summed E-state index contributed by atoms with van der Waals surface area (Å²) in [4.78, 5) is 7.79. The summed E-state index contributed by atoms with van der Waals surface area (Å²) in [6.07, 6.45) is 4.15. The van der Waals surface area contributed by atoms with Crippen molar-refractivity contribution >= 4 is 0 Å². The minimum Gasteiger partial charge on any atom is -0.329 e. The number of nitrogens with zero attached hydrogens (tertiary/aromatic N) is 3. The first kappa shape index (κ1) is 15.2. The highest BCUT2D eigenvalue weighted by atomic mass is 15.3. The molecule has 19 heavy (non-hydrogen) atoms. The van der Waals surface area contributed by atoms with Gasteiger partial charge in [0.25, 0.3) is 0 Å². The molecular formula is C15H32N4. The van der Waals surface area contributed by atoms with Crippen molar-refractivity contribution in [3.8, 4) is 0 Å². The first-order valence-corrected chi connectivity index (χ1v) is 8.02. The quantitative estimate of drug-likeness (QED) is 0.774. The molecule has 112 valence electrons. The molecule has 0 aliphatic carbocycles. The van der Waals surface area contributed by atoms with Crippen molar-refractivity contribution in [1.82, 2.24) is 14.7 Å². The summed E-state index contributed by atoms with van der Waals surface area (Å²) in [5.41, 5.74) is 6.03. The predicted molar refractivity (Wildman–Crippen MR) is 81.4 cm³/mol. The largest absolute Gasteiger partial charge is 0.329 e. The van der Waals surface area contributed by atoms with Crippen molar-refractivity contribution in [3.05, 3.63) is 0 Å². The van der Waals surface area contributed by atoms with Crippen molar-refractivity contribution in [1.29, 1.82) is 0 Å². The highest BCUT2D eigenvalue weighted by molar-refractivity contribution is 4.86. The lowest BCUT2D eigenvalue weighted by Crippen LogP contribution is -2.57. The molecule has 2 aliphatic heterocycles. The SMILES string of the molecule is CC(C)(CN)N1CCN(CCCN2CCCC2)CC1. The molecule has 0 aromatic carbocycles. The molecule has 0 bridgehead atoms. The molecule has 4 nitrogen and oxygen atoms in total. The van der Waals surface area contributed by atoms with Crippen molar-refractivity contribution in [3.63, 3.8) is 0 Å². The van der Waals surface area contributed by atoms with Crippen LogP contribution in [0.2, 0.25) is 0 Å². The second-order valence-electron chi connectivity index (χ2n) is 6.75. The van der Waals surface area contributed by atoms with E-state index in [4.69, 9.17) is 5.73 Å². The molecule has 0 aromatic rings. The molecule has 0 spiro atoms. The number of piperazine rings is 1. The van der Waals surface area contributed by atoms with Crippen molar-refractivity contribution in [2.45, 2.75) is 38.6 Å². The molecule has 0 atom stereocenters. The Labute approximate surface area is 118 Å². The maximum Gasteiger partial charge on any atom is 0.0276 e.